The van der Waals surface area contributed by atoms with Crippen LogP contribution in [0.2, 0.25) is 0 Å². The largest absolute Gasteiger partial charge is 0.377 e. The first-order valence-electron chi connectivity index (χ1n) is 12.6. The summed E-state index contributed by atoms with van der Waals surface area (Å²) in [6.45, 7) is 2.27. The van der Waals surface area contributed by atoms with Crippen molar-refractivity contribution in [3.63, 3.8) is 0 Å². The van der Waals surface area contributed by atoms with Crippen LogP contribution in [0, 0.1) is 0 Å². The Morgan fingerprint density at radius 1 is 0.923 bits per heavy atom. The highest BCUT2D eigenvalue weighted by atomic mass is 79.9. The van der Waals surface area contributed by atoms with Gasteiger partial charge < -0.3 is 20.3 Å². The highest BCUT2D eigenvalue weighted by molar-refractivity contribution is 9.10. The number of ether oxygens (including phenoxy) is 1. The number of nitrogens with zero attached hydrogens (tertiary/aromatic N) is 5. The predicted octanol–water partition coefficient (Wildman–Crippen LogP) is 4.97. The van der Waals surface area contributed by atoms with Gasteiger partial charge in [0.15, 0.2) is 5.65 Å². The fourth-order valence-electron chi connectivity index (χ4n) is 4.41. The first-order valence-corrected chi connectivity index (χ1v) is 13.4. The van der Waals surface area contributed by atoms with Gasteiger partial charge in [-0.05, 0) is 39.2 Å². The zero-order valence-electron chi connectivity index (χ0n) is 21.0. The highest BCUT2D eigenvalue weighted by Gasteiger charge is 2.25. The van der Waals surface area contributed by atoms with Crippen molar-refractivity contribution in [2.75, 3.05) is 23.4 Å². The molecule has 9 nitrogen and oxygen atoms in total. The van der Waals surface area contributed by atoms with E-state index in [-0.39, 0.29) is 11.9 Å². The molecule has 39 heavy (non-hydrogen) atoms. The number of halogens is 1. The van der Waals surface area contributed by atoms with Crippen molar-refractivity contribution in [1.29, 1.82) is 0 Å². The van der Waals surface area contributed by atoms with Crippen molar-refractivity contribution >= 4 is 44.9 Å². The number of carbonyl (C=O) groups excluding carboxylic acids is 1. The van der Waals surface area contributed by atoms with E-state index in [1.54, 1.807) is 10.7 Å². The molecule has 0 radical (unpaired) electrons. The molecule has 0 atom stereocenters. The van der Waals surface area contributed by atoms with Crippen LogP contribution in [0.1, 0.15) is 21.5 Å². The highest BCUT2D eigenvalue weighted by Crippen LogP contribution is 2.27. The van der Waals surface area contributed by atoms with Gasteiger partial charge in [0.05, 0.1) is 25.5 Å². The van der Waals surface area contributed by atoms with E-state index in [2.05, 4.69) is 65.8 Å². The Hall–Kier alpha value is -4.28. The molecular weight excluding hydrogens is 558 g/mol. The van der Waals surface area contributed by atoms with E-state index in [9.17, 15) is 4.79 Å². The summed E-state index contributed by atoms with van der Waals surface area (Å²) in [5, 5.41) is 10.9. The Balaban J connectivity index is 1.45. The van der Waals surface area contributed by atoms with Gasteiger partial charge in [0.2, 0.25) is 0 Å². The molecule has 0 bridgehead atoms. The van der Waals surface area contributed by atoms with E-state index in [4.69, 9.17) is 9.72 Å². The number of hydrogen-bond acceptors (Lipinski definition) is 7. The van der Waals surface area contributed by atoms with E-state index < -0.39 is 0 Å². The number of carbonyl (C=O) groups is 1. The van der Waals surface area contributed by atoms with Crippen molar-refractivity contribution in [3.8, 4) is 0 Å². The molecule has 0 aliphatic carbocycles. The SMILES string of the molecule is O=C(NC1COC1)c1cnn2c(N(Cc3ccccc3)Cc3ccccc3)cc(Nc3cccc(Br)n3)nc12. The smallest absolute Gasteiger partial charge is 0.257 e. The van der Waals surface area contributed by atoms with Gasteiger partial charge in [0.25, 0.3) is 5.91 Å². The van der Waals surface area contributed by atoms with Gasteiger partial charge in [-0.3, -0.25) is 4.79 Å². The summed E-state index contributed by atoms with van der Waals surface area (Å²) < 4.78 is 7.66. The molecule has 1 amide bonds. The van der Waals surface area contributed by atoms with Gasteiger partial charge >= 0.3 is 0 Å². The minimum Gasteiger partial charge on any atom is -0.377 e. The molecule has 0 saturated carbocycles. The molecule has 2 aromatic carbocycles. The number of fused-ring (bicyclic) bond motifs is 1. The zero-order chi connectivity index (χ0) is 26.6. The molecule has 6 rings (SSSR count). The average molecular weight is 584 g/mol. The molecule has 1 aliphatic rings. The molecule has 4 heterocycles. The second-order valence-corrected chi connectivity index (χ2v) is 10.1. The van der Waals surface area contributed by atoms with Crippen molar-refractivity contribution in [1.82, 2.24) is 24.9 Å². The van der Waals surface area contributed by atoms with E-state index in [1.165, 1.54) is 0 Å². The lowest BCUT2D eigenvalue weighted by Gasteiger charge is -2.27. The van der Waals surface area contributed by atoms with E-state index in [0.717, 1.165) is 16.9 Å². The molecule has 3 aromatic heterocycles. The number of pyridine rings is 1. The van der Waals surface area contributed by atoms with Crippen LogP contribution in [0.25, 0.3) is 5.65 Å². The maximum atomic E-state index is 13.2. The quantitative estimate of drug-likeness (QED) is 0.236. The van der Waals surface area contributed by atoms with Gasteiger partial charge in [-0.1, -0.05) is 66.7 Å². The van der Waals surface area contributed by atoms with Crippen LogP contribution < -0.4 is 15.5 Å². The maximum absolute atomic E-state index is 13.2. The van der Waals surface area contributed by atoms with Crippen LogP contribution in [-0.2, 0) is 17.8 Å². The molecule has 5 aromatic rings. The summed E-state index contributed by atoms with van der Waals surface area (Å²) in [7, 11) is 0. The Morgan fingerprint density at radius 2 is 1.62 bits per heavy atom. The second kappa shape index (κ2) is 11.2. The third kappa shape index (κ3) is 5.76. The van der Waals surface area contributed by atoms with Crippen LogP contribution in [0.15, 0.2) is 95.7 Å². The Labute approximate surface area is 234 Å². The summed E-state index contributed by atoms with van der Waals surface area (Å²) in [4.78, 5) is 24.7. The summed E-state index contributed by atoms with van der Waals surface area (Å²) >= 11 is 3.43. The predicted molar refractivity (Wildman–Crippen MR) is 153 cm³/mol. The first-order chi connectivity index (χ1) is 19.1. The molecule has 0 spiro atoms. The van der Waals surface area contributed by atoms with E-state index in [1.807, 2.05) is 60.7 Å². The van der Waals surface area contributed by atoms with Gasteiger partial charge in [0, 0.05) is 19.2 Å². The number of benzene rings is 2. The number of nitrogens with one attached hydrogen (secondary N) is 2. The molecule has 1 fully saturated rings. The third-order valence-electron chi connectivity index (χ3n) is 6.40. The van der Waals surface area contributed by atoms with Crippen LogP contribution >= 0.6 is 15.9 Å². The van der Waals surface area contributed by atoms with Crippen molar-refractivity contribution < 1.29 is 9.53 Å². The molecule has 1 saturated heterocycles. The van der Waals surface area contributed by atoms with Crippen molar-refractivity contribution in [2.45, 2.75) is 19.1 Å². The normalized spacial score (nSPS) is 13.2. The van der Waals surface area contributed by atoms with Crippen molar-refractivity contribution in [3.05, 3.63) is 112 Å². The lowest BCUT2D eigenvalue weighted by Crippen LogP contribution is -2.48. The molecule has 2 N–H and O–H groups in total. The molecule has 10 heteroatoms. The summed E-state index contributed by atoms with van der Waals surface area (Å²) in [6.07, 6.45) is 1.57. The number of aromatic nitrogens is 4. The Bertz CT molecular complexity index is 1550. The number of anilines is 3. The monoisotopic (exact) mass is 583 g/mol. The summed E-state index contributed by atoms with van der Waals surface area (Å²) in [5.41, 5.74) is 3.15. The minimum absolute atomic E-state index is 0.00763. The summed E-state index contributed by atoms with van der Waals surface area (Å²) in [5.74, 6) is 1.74. The molecule has 0 unspecified atom stereocenters. The Kier molecular flexibility index (Phi) is 7.20. The zero-order valence-corrected chi connectivity index (χ0v) is 22.6. The topological polar surface area (TPSA) is 96.7 Å². The van der Waals surface area contributed by atoms with Gasteiger partial charge in [0.1, 0.15) is 27.6 Å². The number of rotatable bonds is 9. The summed E-state index contributed by atoms with van der Waals surface area (Å²) in [6, 6.07) is 28.1. The van der Waals surface area contributed by atoms with Crippen LogP contribution in [0.4, 0.5) is 17.5 Å². The van der Waals surface area contributed by atoms with Crippen LogP contribution in [0.5, 0.6) is 0 Å². The fraction of sp³-hybridized carbons (Fsp3) is 0.172. The third-order valence-corrected chi connectivity index (χ3v) is 6.84. The minimum atomic E-state index is -0.229. The second-order valence-electron chi connectivity index (χ2n) is 9.30. The van der Waals surface area contributed by atoms with E-state index >= 15 is 0 Å². The van der Waals surface area contributed by atoms with E-state index in [0.29, 0.717) is 53.8 Å². The van der Waals surface area contributed by atoms with Crippen LogP contribution in [0.3, 0.4) is 0 Å². The maximum Gasteiger partial charge on any atom is 0.257 e. The molecule has 1 aliphatic heterocycles. The lowest BCUT2D eigenvalue weighted by molar-refractivity contribution is -0.00343. The van der Waals surface area contributed by atoms with Gasteiger partial charge in [-0.2, -0.15) is 9.61 Å². The Morgan fingerprint density at radius 3 is 2.23 bits per heavy atom. The fourth-order valence-corrected chi connectivity index (χ4v) is 4.76. The number of hydrogen-bond donors (Lipinski definition) is 2. The lowest BCUT2D eigenvalue weighted by atomic mass is 10.1. The standard InChI is InChI=1S/C29H26BrN7O2/c30-24-12-7-13-25(33-24)34-26-14-27(37-28(35-26)23(15-31-37)29(38)32-22-18-39-19-22)36(16-20-8-3-1-4-9-20)17-21-10-5-2-6-11-21/h1-15,22H,16-19H2,(H,32,38)(H,33,34,35). The van der Waals surface area contributed by atoms with Crippen LogP contribution in [-0.4, -0.2) is 44.7 Å². The van der Waals surface area contributed by atoms with Gasteiger partial charge in [-0.15, -0.1) is 0 Å². The molecular formula is C29H26BrN7O2. The first kappa shape index (κ1) is 25.0. The van der Waals surface area contributed by atoms with Gasteiger partial charge in [-0.25, -0.2) is 9.97 Å². The average Bonchev–Trinajstić information content (AvgIpc) is 3.35. The van der Waals surface area contributed by atoms with Crippen molar-refractivity contribution in [2.24, 2.45) is 0 Å². The number of amides is 1. The molecule has 196 valence electrons.